The molecule has 0 radical (unpaired) electrons. The summed E-state index contributed by atoms with van der Waals surface area (Å²) in [5.41, 5.74) is 0.664. The lowest BCUT2D eigenvalue weighted by molar-refractivity contribution is 0.0628. The fourth-order valence-electron chi connectivity index (χ4n) is 2.30. The van der Waals surface area contributed by atoms with E-state index in [1.54, 1.807) is 6.92 Å². The molecule has 0 spiro atoms. The lowest BCUT2D eigenvalue weighted by Gasteiger charge is -2.33. The number of oxazole rings is 1. The normalized spacial score (nSPS) is 20.2. The van der Waals surface area contributed by atoms with Crippen LogP contribution in [0, 0.1) is 6.92 Å². The Balaban J connectivity index is 2.12. The minimum Gasteiger partial charge on any atom is -0.438 e. The zero-order chi connectivity index (χ0) is 12.3. The van der Waals surface area contributed by atoms with E-state index >= 15 is 0 Å². The number of piperidine rings is 1. The standard InChI is InChI=1S/C12H19N3O2/c1-3-15(10-5-4-6-13-7-10)12(16)11-9(2)14-8-17-11/h8,10,13H,3-7H2,1-2H3. The van der Waals surface area contributed by atoms with Crippen LogP contribution in [-0.4, -0.2) is 41.5 Å². The molecule has 1 aromatic rings. The molecular weight excluding hydrogens is 218 g/mol. The summed E-state index contributed by atoms with van der Waals surface area (Å²) >= 11 is 0. The van der Waals surface area contributed by atoms with Crippen molar-refractivity contribution in [1.82, 2.24) is 15.2 Å². The van der Waals surface area contributed by atoms with Crippen molar-refractivity contribution in [3.05, 3.63) is 17.8 Å². The van der Waals surface area contributed by atoms with Crippen LogP contribution in [0.2, 0.25) is 0 Å². The van der Waals surface area contributed by atoms with Crippen LogP contribution in [0.15, 0.2) is 10.8 Å². The van der Waals surface area contributed by atoms with Crippen LogP contribution in [0.3, 0.4) is 0 Å². The molecule has 1 saturated heterocycles. The summed E-state index contributed by atoms with van der Waals surface area (Å²) in [6.07, 6.45) is 3.50. The Morgan fingerprint density at radius 3 is 3.06 bits per heavy atom. The van der Waals surface area contributed by atoms with Gasteiger partial charge in [0, 0.05) is 19.1 Å². The third-order valence-corrected chi connectivity index (χ3v) is 3.25. The van der Waals surface area contributed by atoms with Crippen molar-refractivity contribution in [3.63, 3.8) is 0 Å². The van der Waals surface area contributed by atoms with E-state index in [0.717, 1.165) is 25.9 Å². The number of rotatable bonds is 3. The molecule has 1 aliphatic heterocycles. The number of aromatic nitrogens is 1. The molecule has 1 aliphatic rings. The molecule has 0 saturated carbocycles. The van der Waals surface area contributed by atoms with Gasteiger partial charge in [0.25, 0.3) is 5.91 Å². The smallest absolute Gasteiger partial charge is 0.291 e. The van der Waals surface area contributed by atoms with Gasteiger partial charge in [-0.3, -0.25) is 4.79 Å². The number of nitrogens with zero attached hydrogens (tertiary/aromatic N) is 2. The van der Waals surface area contributed by atoms with Crippen LogP contribution < -0.4 is 5.32 Å². The summed E-state index contributed by atoms with van der Waals surface area (Å²) in [5, 5.41) is 3.32. The lowest BCUT2D eigenvalue weighted by atomic mass is 10.1. The Hall–Kier alpha value is -1.36. The third-order valence-electron chi connectivity index (χ3n) is 3.25. The van der Waals surface area contributed by atoms with Crippen LogP contribution >= 0.6 is 0 Å². The lowest BCUT2D eigenvalue weighted by Crippen LogP contribution is -2.48. The Bertz CT molecular complexity index is 383. The summed E-state index contributed by atoms with van der Waals surface area (Å²) < 4.78 is 5.18. The molecule has 5 nitrogen and oxygen atoms in total. The first-order valence-corrected chi connectivity index (χ1v) is 6.15. The zero-order valence-electron chi connectivity index (χ0n) is 10.4. The predicted molar refractivity (Wildman–Crippen MR) is 63.8 cm³/mol. The fraction of sp³-hybridized carbons (Fsp3) is 0.667. The van der Waals surface area contributed by atoms with Gasteiger partial charge < -0.3 is 14.6 Å². The second-order valence-electron chi connectivity index (χ2n) is 4.36. The largest absolute Gasteiger partial charge is 0.438 e. The maximum atomic E-state index is 12.3. The average molecular weight is 237 g/mol. The summed E-state index contributed by atoms with van der Waals surface area (Å²) in [4.78, 5) is 18.2. The SMILES string of the molecule is CCN(C(=O)c1ocnc1C)C1CCCNC1. The number of aryl methyl sites for hydroxylation is 1. The maximum absolute atomic E-state index is 12.3. The van der Waals surface area contributed by atoms with Crippen molar-refractivity contribution in [1.29, 1.82) is 0 Å². The van der Waals surface area contributed by atoms with Gasteiger partial charge in [-0.25, -0.2) is 4.98 Å². The van der Waals surface area contributed by atoms with Gasteiger partial charge in [-0.2, -0.15) is 0 Å². The molecule has 2 heterocycles. The molecule has 1 fully saturated rings. The Morgan fingerprint density at radius 1 is 1.71 bits per heavy atom. The van der Waals surface area contributed by atoms with Crippen molar-refractivity contribution >= 4 is 5.91 Å². The number of carbonyl (C=O) groups is 1. The number of hydrogen-bond acceptors (Lipinski definition) is 4. The van der Waals surface area contributed by atoms with Gasteiger partial charge >= 0.3 is 0 Å². The van der Waals surface area contributed by atoms with Gasteiger partial charge in [-0.05, 0) is 33.2 Å². The second-order valence-corrected chi connectivity index (χ2v) is 4.36. The third kappa shape index (κ3) is 2.49. The fourth-order valence-corrected chi connectivity index (χ4v) is 2.30. The summed E-state index contributed by atoms with van der Waals surface area (Å²) in [6.45, 7) is 6.41. The van der Waals surface area contributed by atoms with E-state index in [2.05, 4.69) is 10.3 Å². The highest BCUT2D eigenvalue weighted by Gasteiger charge is 2.27. The first kappa shape index (κ1) is 12.1. The molecule has 0 bridgehead atoms. The van der Waals surface area contributed by atoms with Gasteiger partial charge in [0.05, 0.1) is 5.69 Å². The van der Waals surface area contributed by atoms with Gasteiger partial charge in [0.1, 0.15) is 0 Å². The first-order valence-electron chi connectivity index (χ1n) is 6.15. The quantitative estimate of drug-likeness (QED) is 0.858. The van der Waals surface area contributed by atoms with Crippen molar-refractivity contribution in [2.45, 2.75) is 32.7 Å². The van der Waals surface area contributed by atoms with Crippen LogP contribution in [0.25, 0.3) is 0 Å². The zero-order valence-corrected chi connectivity index (χ0v) is 10.4. The van der Waals surface area contributed by atoms with Crippen molar-refractivity contribution in [2.75, 3.05) is 19.6 Å². The number of amides is 1. The average Bonchev–Trinajstić information content (AvgIpc) is 2.77. The van der Waals surface area contributed by atoms with E-state index in [1.807, 2.05) is 11.8 Å². The van der Waals surface area contributed by atoms with Gasteiger partial charge in [0.15, 0.2) is 6.39 Å². The Labute approximate surface area is 101 Å². The highest BCUT2D eigenvalue weighted by atomic mass is 16.3. The number of nitrogens with one attached hydrogen (secondary N) is 1. The maximum Gasteiger partial charge on any atom is 0.291 e. The van der Waals surface area contributed by atoms with E-state index in [0.29, 0.717) is 18.0 Å². The Kier molecular flexibility index (Phi) is 3.78. The molecule has 1 aromatic heterocycles. The van der Waals surface area contributed by atoms with Gasteiger partial charge in [0.2, 0.25) is 5.76 Å². The first-order chi connectivity index (χ1) is 8.24. The predicted octanol–water partition coefficient (Wildman–Crippen LogP) is 1.20. The minimum absolute atomic E-state index is 0.0452. The number of hydrogen-bond donors (Lipinski definition) is 1. The summed E-state index contributed by atoms with van der Waals surface area (Å²) in [6, 6.07) is 0.269. The van der Waals surface area contributed by atoms with E-state index in [-0.39, 0.29) is 11.9 Å². The van der Waals surface area contributed by atoms with Crippen LogP contribution in [0.4, 0.5) is 0 Å². The molecule has 0 aromatic carbocycles. The van der Waals surface area contributed by atoms with E-state index in [1.165, 1.54) is 6.39 Å². The van der Waals surface area contributed by atoms with Crippen molar-refractivity contribution in [2.24, 2.45) is 0 Å². The van der Waals surface area contributed by atoms with Crippen LogP contribution in [0.5, 0.6) is 0 Å². The number of carbonyl (C=O) groups excluding carboxylic acids is 1. The molecule has 1 N–H and O–H groups in total. The van der Waals surface area contributed by atoms with E-state index in [9.17, 15) is 4.79 Å². The van der Waals surface area contributed by atoms with E-state index in [4.69, 9.17) is 4.42 Å². The minimum atomic E-state index is -0.0452. The molecule has 94 valence electrons. The van der Waals surface area contributed by atoms with Gasteiger partial charge in [-0.15, -0.1) is 0 Å². The monoisotopic (exact) mass is 237 g/mol. The second kappa shape index (κ2) is 5.31. The molecule has 1 amide bonds. The van der Waals surface area contributed by atoms with Crippen LogP contribution in [0.1, 0.15) is 36.0 Å². The summed E-state index contributed by atoms with van der Waals surface area (Å²) in [7, 11) is 0. The highest BCUT2D eigenvalue weighted by molar-refractivity contribution is 5.92. The Morgan fingerprint density at radius 2 is 2.53 bits per heavy atom. The molecule has 17 heavy (non-hydrogen) atoms. The topological polar surface area (TPSA) is 58.4 Å². The number of likely N-dealkylation sites (N-methyl/N-ethyl adjacent to an activating group) is 1. The molecule has 0 aliphatic carbocycles. The van der Waals surface area contributed by atoms with Crippen LogP contribution in [-0.2, 0) is 0 Å². The van der Waals surface area contributed by atoms with Crippen molar-refractivity contribution in [3.8, 4) is 0 Å². The highest BCUT2D eigenvalue weighted by Crippen LogP contribution is 2.15. The van der Waals surface area contributed by atoms with Crippen molar-refractivity contribution < 1.29 is 9.21 Å². The van der Waals surface area contributed by atoms with E-state index < -0.39 is 0 Å². The molecule has 2 rings (SSSR count). The molecule has 5 heteroatoms. The molecular formula is C12H19N3O2. The molecule has 1 atom stereocenters. The summed E-state index contributed by atoms with van der Waals surface area (Å²) in [5.74, 6) is 0.327. The van der Waals surface area contributed by atoms with Gasteiger partial charge in [-0.1, -0.05) is 0 Å². The molecule has 1 unspecified atom stereocenters.